The van der Waals surface area contributed by atoms with Crippen molar-refractivity contribution >= 4 is 43.6 Å². The van der Waals surface area contributed by atoms with E-state index in [0.717, 1.165) is 63.4 Å². The van der Waals surface area contributed by atoms with Crippen molar-refractivity contribution in [2.75, 3.05) is 4.72 Å². The summed E-state index contributed by atoms with van der Waals surface area (Å²) in [6.45, 7) is 0.229. The average Bonchev–Trinajstić information content (AvgIpc) is 3.38. The summed E-state index contributed by atoms with van der Waals surface area (Å²) in [5, 5.41) is 10.5. The zero-order valence-electron chi connectivity index (χ0n) is 24.0. The molecule has 0 bridgehead atoms. The third-order valence-electron chi connectivity index (χ3n) is 7.97. The van der Waals surface area contributed by atoms with Gasteiger partial charge in [-0.1, -0.05) is 74.6 Å². The fourth-order valence-corrected chi connectivity index (χ4v) is 7.75. The number of carbonyl (C=O) groups is 2. The number of aromatic nitrogens is 2. The van der Waals surface area contributed by atoms with Crippen LogP contribution in [-0.4, -0.2) is 48.2 Å². The number of nitrogens with zero attached hydrogens (tertiary/aromatic N) is 2. The van der Waals surface area contributed by atoms with Crippen LogP contribution in [0.5, 0.6) is 0 Å². The van der Waals surface area contributed by atoms with Crippen LogP contribution in [0.15, 0.2) is 70.0 Å². The van der Waals surface area contributed by atoms with Gasteiger partial charge in [0.05, 0.1) is 18.8 Å². The fourth-order valence-electron chi connectivity index (χ4n) is 5.76. The van der Waals surface area contributed by atoms with E-state index in [1.165, 1.54) is 16.8 Å². The van der Waals surface area contributed by atoms with Gasteiger partial charge in [-0.25, -0.2) is 13.1 Å². The number of hydrogen-bond donors (Lipinski definition) is 3. The van der Waals surface area contributed by atoms with Gasteiger partial charge >= 0.3 is 0 Å². The minimum atomic E-state index is -4.02. The first-order valence-corrected chi connectivity index (χ1v) is 17.2. The highest BCUT2D eigenvalue weighted by Gasteiger charge is 2.30. The van der Waals surface area contributed by atoms with E-state index in [-0.39, 0.29) is 47.0 Å². The first-order chi connectivity index (χ1) is 20.8. The third kappa shape index (κ3) is 8.45. The second kappa shape index (κ2) is 14.5. The largest absolute Gasteiger partial charge is 0.371 e. The van der Waals surface area contributed by atoms with E-state index >= 15 is 0 Å². The maximum Gasteiger partial charge on any atom is 0.269 e. The van der Waals surface area contributed by atoms with Crippen molar-refractivity contribution in [2.45, 2.75) is 94.0 Å². The molecule has 230 valence electrons. The Hall–Kier alpha value is -3.22. The van der Waals surface area contributed by atoms with Crippen molar-refractivity contribution in [3.63, 3.8) is 0 Å². The Balaban J connectivity index is 1.34. The Bertz CT molecular complexity index is 1510. The molecule has 0 spiro atoms. The molecule has 2 amide bonds. The van der Waals surface area contributed by atoms with Gasteiger partial charge in [0, 0.05) is 16.6 Å². The lowest BCUT2D eigenvalue weighted by atomic mass is 9.92. The SMILES string of the molecule is O=C(Cn1nc(NS(=O)(=O)c2ccccc2Br)cc1C(=O)N[C@H]1CCCCC1OCc1ccccc1)NC1CCCCC1. The van der Waals surface area contributed by atoms with Crippen molar-refractivity contribution in [2.24, 2.45) is 0 Å². The Kier molecular flexibility index (Phi) is 10.5. The van der Waals surface area contributed by atoms with E-state index in [1.54, 1.807) is 18.2 Å². The minimum Gasteiger partial charge on any atom is -0.371 e. The van der Waals surface area contributed by atoms with Crippen LogP contribution in [0.3, 0.4) is 0 Å². The molecule has 2 aromatic carbocycles. The quantitative estimate of drug-likeness (QED) is 0.258. The summed E-state index contributed by atoms with van der Waals surface area (Å²) in [7, 11) is -4.02. The van der Waals surface area contributed by atoms with Gasteiger partial charge in [0.15, 0.2) is 5.82 Å². The molecule has 2 aliphatic carbocycles. The van der Waals surface area contributed by atoms with Crippen molar-refractivity contribution in [3.8, 4) is 0 Å². The highest BCUT2D eigenvalue weighted by atomic mass is 79.9. The molecule has 0 aliphatic heterocycles. The molecule has 2 saturated carbocycles. The lowest BCUT2D eigenvalue weighted by Crippen LogP contribution is -2.47. The topological polar surface area (TPSA) is 131 Å². The van der Waals surface area contributed by atoms with Gasteiger partial charge in [0.25, 0.3) is 15.9 Å². The average molecular weight is 673 g/mol. The predicted molar refractivity (Wildman–Crippen MR) is 167 cm³/mol. The van der Waals surface area contributed by atoms with Crippen LogP contribution >= 0.6 is 15.9 Å². The Morgan fingerprint density at radius 1 is 0.907 bits per heavy atom. The molecular weight excluding hydrogens is 634 g/mol. The molecule has 10 nitrogen and oxygen atoms in total. The molecule has 2 atom stereocenters. The summed E-state index contributed by atoms with van der Waals surface area (Å²) in [5.41, 5.74) is 1.15. The van der Waals surface area contributed by atoms with Crippen LogP contribution < -0.4 is 15.4 Å². The number of benzene rings is 2. The maximum atomic E-state index is 13.7. The van der Waals surface area contributed by atoms with E-state index in [0.29, 0.717) is 11.1 Å². The standard InChI is InChI=1S/C31H38BrN5O5S/c32-24-15-7-10-18-28(24)43(40,41)36-29-19-26(37(35-29)20-30(38)33-23-13-5-2-6-14-23)31(39)34-25-16-8-9-17-27(25)42-21-22-11-3-1-4-12-22/h1,3-4,7,10-12,15,18-19,23,25,27H,2,5-6,8-9,13-14,16-17,20-21H2,(H,33,38)(H,34,39)(H,35,36)/t25-,27?/m0/s1. The number of rotatable bonds is 11. The third-order valence-corrected chi connectivity index (χ3v) is 10.3. The highest BCUT2D eigenvalue weighted by Crippen LogP contribution is 2.26. The van der Waals surface area contributed by atoms with Crippen molar-refractivity contribution in [3.05, 3.63) is 76.4 Å². The molecule has 2 aliphatic rings. The number of sulfonamides is 1. The van der Waals surface area contributed by atoms with Gasteiger partial charge in [-0.2, -0.15) is 5.10 Å². The summed E-state index contributed by atoms with van der Waals surface area (Å²) in [6, 6.07) is 17.6. The molecule has 12 heteroatoms. The van der Waals surface area contributed by atoms with E-state index in [2.05, 4.69) is 36.4 Å². The normalized spacial score (nSPS) is 19.5. The van der Waals surface area contributed by atoms with E-state index in [1.807, 2.05) is 30.3 Å². The predicted octanol–water partition coefficient (Wildman–Crippen LogP) is 5.15. The minimum absolute atomic E-state index is 0.0335. The molecule has 0 radical (unpaired) electrons. The second-order valence-corrected chi connectivity index (χ2v) is 13.7. The van der Waals surface area contributed by atoms with Crippen LogP contribution in [0.2, 0.25) is 0 Å². The van der Waals surface area contributed by atoms with Gasteiger partial charge < -0.3 is 15.4 Å². The Morgan fingerprint density at radius 3 is 2.37 bits per heavy atom. The highest BCUT2D eigenvalue weighted by molar-refractivity contribution is 9.10. The summed E-state index contributed by atoms with van der Waals surface area (Å²) in [4.78, 5) is 26.7. The molecule has 5 rings (SSSR count). The Morgan fingerprint density at radius 2 is 1.60 bits per heavy atom. The lowest BCUT2D eigenvalue weighted by Gasteiger charge is -2.32. The van der Waals surface area contributed by atoms with E-state index in [9.17, 15) is 18.0 Å². The smallest absolute Gasteiger partial charge is 0.269 e. The van der Waals surface area contributed by atoms with Crippen LogP contribution in [-0.2, 0) is 32.7 Å². The maximum absolute atomic E-state index is 13.7. The zero-order chi connectivity index (χ0) is 30.2. The van der Waals surface area contributed by atoms with Crippen LogP contribution in [0.4, 0.5) is 5.82 Å². The molecule has 1 heterocycles. The number of carbonyl (C=O) groups excluding carboxylic acids is 2. The summed E-state index contributed by atoms with van der Waals surface area (Å²) in [5.74, 6) is -0.762. The first kappa shape index (κ1) is 31.2. The molecule has 3 N–H and O–H groups in total. The molecule has 0 saturated heterocycles. The van der Waals surface area contributed by atoms with E-state index in [4.69, 9.17) is 4.74 Å². The van der Waals surface area contributed by atoms with Crippen molar-refractivity contribution in [1.82, 2.24) is 20.4 Å². The monoisotopic (exact) mass is 671 g/mol. The number of halogens is 1. The van der Waals surface area contributed by atoms with Gasteiger partial charge in [-0.3, -0.25) is 14.3 Å². The first-order valence-electron chi connectivity index (χ1n) is 14.9. The van der Waals surface area contributed by atoms with Gasteiger partial charge in [0.1, 0.15) is 17.1 Å². The van der Waals surface area contributed by atoms with Gasteiger partial charge in [-0.15, -0.1) is 0 Å². The molecule has 1 unspecified atom stereocenters. The number of anilines is 1. The number of nitrogens with one attached hydrogen (secondary N) is 3. The summed E-state index contributed by atoms with van der Waals surface area (Å²) in [6.07, 6.45) is 8.49. The molecule has 43 heavy (non-hydrogen) atoms. The van der Waals surface area contributed by atoms with Crippen LogP contribution in [0.25, 0.3) is 0 Å². The Labute approximate surface area is 261 Å². The molecular formula is C31H38BrN5O5S. The van der Waals surface area contributed by atoms with Crippen LogP contribution in [0, 0.1) is 0 Å². The number of amides is 2. The fraction of sp³-hybridized carbons (Fsp3) is 0.452. The van der Waals surface area contributed by atoms with E-state index < -0.39 is 15.9 Å². The zero-order valence-corrected chi connectivity index (χ0v) is 26.4. The van der Waals surface area contributed by atoms with Gasteiger partial charge in [0.2, 0.25) is 5.91 Å². The summed E-state index contributed by atoms with van der Waals surface area (Å²) < 4.78 is 36.7. The molecule has 1 aromatic heterocycles. The summed E-state index contributed by atoms with van der Waals surface area (Å²) >= 11 is 3.28. The van der Waals surface area contributed by atoms with Gasteiger partial charge in [-0.05, 0) is 59.3 Å². The lowest BCUT2D eigenvalue weighted by molar-refractivity contribution is -0.122. The van der Waals surface area contributed by atoms with Crippen molar-refractivity contribution in [1.29, 1.82) is 0 Å². The number of hydrogen-bond acceptors (Lipinski definition) is 6. The second-order valence-electron chi connectivity index (χ2n) is 11.2. The number of ether oxygens (including phenoxy) is 1. The molecule has 2 fully saturated rings. The molecule has 3 aromatic rings. The van der Waals surface area contributed by atoms with Crippen molar-refractivity contribution < 1.29 is 22.7 Å². The van der Waals surface area contributed by atoms with Crippen LogP contribution in [0.1, 0.15) is 73.8 Å².